The van der Waals surface area contributed by atoms with Gasteiger partial charge in [-0.15, -0.1) is 0 Å². The topological polar surface area (TPSA) is 98.3 Å². The lowest BCUT2D eigenvalue weighted by molar-refractivity contribution is -0.128. The number of carbonyl (C=O) groups excluding carboxylic acids is 1. The molecule has 2 heterocycles. The highest BCUT2D eigenvalue weighted by molar-refractivity contribution is 5.97. The molecule has 7 heteroatoms. The minimum Gasteiger partial charge on any atom is -0.384 e. The van der Waals surface area contributed by atoms with E-state index in [2.05, 4.69) is 15.2 Å². The Bertz CT molecular complexity index is 572. The molecule has 3 N–H and O–H groups in total. The van der Waals surface area contributed by atoms with Crippen LogP contribution >= 0.6 is 0 Å². The molecule has 1 saturated heterocycles. The van der Waals surface area contributed by atoms with Crippen LogP contribution in [0.25, 0.3) is 0 Å². The van der Waals surface area contributed by atoms with Gasteiger partial charge in [0, 0.05) is 51.7 Å². The summed E-state index contributed by atoms with van der Waals surface area (Å²) in [5.41, 5.74) is 6.51. The second kappa shape index (κ2) is 8.88. The molecule has 1 fully saturated rings. The van der Waals surface area contributed by atoms with Crippen molar-refractivity contribution in [3.05, 3.63) is 41.9 Å². The van der Waals surface area contributed by atoms with Crippen LogP contribution in [0.15, 0.2) is 36.2 Å². The zero-order valence-corrected chi connectivity index (χ0v) is 13.1. The van der Waals surface area contributed by atoms with Crippen LogP contribution < -0.4 is 11.1 Å². The molecule has 0 saturated carbocycles. The lowest BCUT2D eigenvalue weighted by Gasteiger charge is -2.34. The van der Waals surface area contributed by atoms with E-state index in [1.54, 1.807) is 11.1 Å². The predicted molar refractivity (Wildman–Crippen MR) is 86.8 cm³/mol. The van der Waals surface area contributed by atoms with E-state index < -0.39 is 0 Å². The smallest absolute Gasteiger partial charge is 0.266 e. The second-order valence-corrected chi connectivity index (χ2v) is 5.29. The molecular weight excluding hydrogens is 292 g/mol. The number of rotatable bonds is 6. The van der Waals surface area contributed by atoms with Gasteiger partial charge in [-0.3, -0.25) is 14.7 Å². The first kappa shape index (κ1) is 16.9. The summed E-state index contributed by atoms with van der Waals surface area (Å²) in [5, 5.41) is 12.2. The monoisotopic (exact) mass is 314 g/mol. The van der Waals surface area contributed by atoms with Crippen LogP contribution in [0.3, 0.4) is 0 Å². The lowest BCUT2D eigenvalue weighted by atomic mass is 10.2. The number of nitriles is 1. The summed E-state index contributed by atoms with van der Waals surface area (Å²) in [7, 11) is 0. The van der Waals surface area contributed by atoms with E-state index in [4.69, 9.17) is 5.73 Å². The van der Waals surface area contributed by atoms with Crippen molar-refractivity contribution >= 4 is 5.91 Å². The molecule has 122 valence electrons. The van der Waals surface area contributed by atoms with Crippen LogP contribution in [-0.4, -0.2) is 60.0 Å². The first-order valence-corrected chi connectivity index (χ1v) is 7.70. The number of nitrogens with zero attached hydrogens (tertiary/aromatic N) is 4. The number of piperazine rings is 1. The van der Waals surface area contributed by atoms with Crippen LogP contribution in [0.5, 0.6) is 0 Å². The number of nitrogens with two attached hydrogens (primary N) is 1. The summed E-state index contributed by atoms with van der Waals surface area (Å²) in [6, 6.07) is 7.59. The Kier molecular flexibility index (Phi) is 6.54. The number of pyridine rings is 1. The second-order valence-electron chi connectivity index (χ2n) is 5.29. The van der Waals surface area contributed by atoms with Gasteiger partial charge < -0.3 is 16.0 Å². The maximum Gasteiger partial charge on any atom is 0.266 e. The van der Waals surface area contributed by atoms with Gasteiger partial charge in [0.25, 0.3) is 5.91 Å². The van der Waals surface area contributed by atoms with Gasteiger partial charge >= 0.3 is 0 Å². The van der Waals surface area contributed by atoms with E-state index in [0.717, 1.165) is 25.3 Å². The van der Waals surface area contributed by atoms with E-state index in [1.165, 1.54) is 6.20 Å². The maximum absolute atomic E-state index is 12.4. The zero-order chi connectivity index (χ0) is 16.5. The summed E-state index contributed by atoms with van der Waals surface area (Å²) in [6.07, 6.45) is 3.18. The van der Waals surface area contributed by atoms with Crippen molar-refractivity contribution in [3.63, 3.8) is 0 Å². The molecule has 0 radical (unpaired) electrons. The van der Waals surface area contributed by atoms with Crippen LogP contribution in [0.2, 0.25) is 0 Å². The summed E-state index contributed by atoms with van der Waals surface area (Å²) in [4.78, 5) is 20.5. The molecule has 0 atom stereocenters. The molecule has 1 aromatic heterocycles. The first-order valence-electron chi connectivity index (χ1n) is 7.70. The highest BCUT2D eigenvalue weighted by atomic mass is 16.2. The molecule has 0 spiro atoms. The van der Waals surface area contributed by atoms with Crippen LogP contribution in [0.4, 0.5) is 0 Å². The quantitative estimate of drug-likeness (QED) is 0.552. The van der Waals surface area contributed by atoms with Gasteiger partial charge in [0.2, 0.25) is 0 Å². The first-order chi connectivity index (χ1) is 11.2. The number of hydrogen-bond donors (Lipinski definition) is 2. The fourth-order valence-electron chi connectivity index (χ4n) is 2.43. The average molecular weight is 314 g/mol. The fourth-order valence-corrected chi connectivity index (χ4v) is 2.43. The molecule has 1 amide bonds. The Balaban J connectivity index is 1.86. The zero-order valence-electron chi connectivity index (χ0n) is 13.1. The molecule has 0 aliphatic carbocycles. The van der Waals surface area contributed by atoms with Crippen molar-refractivity contribution in [3.8, 4) is 6.07 Å². The van der Waals surface area contributed by atoms with Gasteiger partial charge in [0.05, 0.1) is 12.2 Å². The number of aromatic nitrogens is 1. The molecule has 1 aliphatic heterocycles. The SMILES string of the molecule is N#C/C(=C/NCc1ccccn1)C(=O)N1CCN(CCN)CC1. The summed E-state index contributed by atoms with van der Waals surface area (Å²) < 4.78 is 0. The van der Waals surface area contributed by atoms with Crippen LogP contribution in [0, 0.1) is 11.3 Å². The van der Waals surface area contributed by atoms with E-state index in [9.17, 15) is 10.1 Å². The Morgan fingerprint density at radius 3 is 2.78 bits per heavy atom. The van der Waals surface area contributed by atoms with Gasteiger partial charge in [-0.25, -0.2) is 0 Å². The number of nitrogens with one attached hydrogen (secondary N) is 1. The fraction of sp³-hybridized carbons (Fsp3) is 0.438. The van der Waals surface area contributed by atoms with Crippen LogP contribution in [-0.2, 0) is 11.3 Å². The summed E-state index contributed by atoms with van der Waals surface area (Å²) >= 11 is 0. The van der Waals surface area contributed by atoms with Gasteiger partial charge in [-0.2, -0.15) is 5.26 Å². The van der Waals surface area contributed by atoms with Crippen molar-refractivity contribution in [2.75, 3.05) is 39.3 Å². The van der Waals surface area contributed by atoms with Gasteiger partial charge in [-0.1, -0.05) is 6.07 Å². The molecule has 1 aliphatic rings. The summed E-state index contributed by atoms with van der Waals surface area (Å²) in [5.74, 6) is -0.228. The molecule has 7 nitrogen and oxygen atoms in total. The molecule has 0 aromatic carbocycles. The molecule has 0 unspecified atom stereocenters. The van der Waals surface area contributed by atoms with Crippen molar-refractivity contribution < 1.29 is 4.79 Å². The van der Waals surface area contributed by atoms with E-state index >= 15 is 0 Å². The standard InChI is InChI=1S/C16H22N6O/c17-4-6-21-7-9-22(10-8-21)16(23)14(11-18)12-19-13-15-3-1-2-5-20-15/h1-3,5,12,19H,4,6-10,13,17H2/b14-12-. The Labute approximate surface area is 136 Å². The van der Waals surface area contributed by atoms with E-state index in [0.29, 0.717) is 26.2 Å². The third-order valence-electron chi connectivity index (χ3n) is 3.71. The highest BCUT2D eigenvalue weighted by Crippen LogP contribution is 2.06. The molecular formula is C16H22N6O. The molecule has 2 rings (SSSR count). The summed E-state index contributed by atoms with van der Waals surface area (Å²) in [6.45, 7) is 4.77. The number of amides is 1. The third-order valence-corrected chi connectivity index (χ3v) is 3.71. The maximum atomic E-state index is 12.4. The molecule has 0 bridgehead atoms. The van der Waals surface area contributed by atoms with Crippen LogP contribution in [0.1, 0.15) is 5.69 Å². The lowest BCUT2D eigenvalue weighted by Crippen LogP contribution is -2.50. The molecule has 23 heavy (non-hydrogen) atoms. The normalized spacial score (nSPS) is 16.0. The average Bonchev–Trinajstić information content (AvgIpc) is 2.60. The molecule has 1 aromatic rings. The Hall–Kier alpha value is -2.43. The number of hydrogen-bond acceptors (Lipinski definition) is 6. The minimum absolute atomic E-state index is 0.119. The van der Waals surface area contributed by atoms with Crippen molar-refractivity contribution in [2.24, 2.45) is 5.73 Å². The van der Waals surface area contributed by atoms with E-state index in [-0.39, 0.29) is 11.5 Å². The van der Waals surface area contributed by atoms with Crippen molar-refractivity contribution in [1.82, 2.24) is 20.1 Å². The van der Waals surface area contributed by atoms with E-state index in [1.807, 2.05) is 24.3 Å². The van der Waals surface area contributed by atoms with Gasteiger partial charge in [0.1, 0.15) is 11.6 Å². The van der Waals surface area contributed by atoms with Crippen molar-refractivity contribution in [2.45, 2.75) is 6.54 Å². The van der Waals surface area contributed by atoms with Crippen molar-refractivity contribution in [1.29, 1.82) is 5.26 Å². The minimum atomic E-state index is -0.228. The van der Waals surface area contributed by atoms with Gasteiger partial charge in [0.15, 0.2) is 0 Å². The Morgan fingerprint density at radius 1 is 1.39 bits per heavy atom. The Morgan fingerprint density at radius 2 is 2.17 bits per heavy atom. The number of carbonyl (C=O) groups is 1. The predicted octanol–water partition coefficient (Wildman–Crippen LogP) is -0.318. The highest BCUT2D eigenvalue weighted by Gasteiger charge is 2.23. The largest absolute Gasteiger partial charge is 0.384 e. The van der Waals surface area contributed by atoms with Gasteiger partial charge in [-0.05, 0) is 12.1 Å². The third kappa shape index (κ3) is 5.06.